The Bertz CT molecular complexity index is 348. The molecule has 1 atom stereocenters. The number of thiazole rings is 1. The number of likely N-dealkylation sites (tertiary alicyclic amines) is 1. The Hall–Kier alpha value is -0.450. The van der Waals surface area contributed by atoms with E-state index in [1.54, 1.807) is 11.3 Å². The second kappa shape index (κ2) is 5.94. The molecule has 1 saturated heterocycles. The van der Waals surface area contributed by atoms with Crippen molar-refractivity contribution in [1.82, 2.24) is 15.2 Å². The molecule has 0 aliphatic carbocycles. The lowest BCUT2D eigenvalue weighted by atomic mass is 10.1. The summed E-state index contributed by atoms with van der Waals surface area (Å²) < 4.78 is 0. The van der Waals surface area contributed by atoms with Gasteiger partial charge < -0.3 is 10.2 Å². The summed E-state index contributed by atoms with van der Waals surface area (Å²) in [4.78, 5) is 7.03. The molecule has 1 aliphatic rings. The van der Waals surface area contributed by atoms with Gasteiger partial charge in [0.2, 0.25) is 0 Å². The number of rotatable bonds is 5. The molecule has 1 unspecified atom stereocenters. The highest BCUT2D eigenvalue weighted by molar-refractivity contribution is 7.09. The van der Waals surface area contributed by atoms with Gasteiger partial charge in [-0.05, 0) is 46.2 Å². The van der Waals surface area contributed by atoms with E-state index in [-0.39, 0.29) is 0 Å². The van der Waals surface area contributed by atoms with E-state index in [0.717, 1.165) is 24.7 Å². The molecule has 1 aromatic rings. The van der Waals surface area contributed by atoms with Crippen molar-refractivity contribution < 1.29 is 0 Å². The summed E-state index contributed by atoms with van der Waals surface area (Å²) >= 11 is 1.75. The van der Waals surface area contributed by atoms with Gasteiger partial charge in [0.05, 0.1) is 0 Å². The first kappa shape index (κ1) is 13.0. The summed E-state index contributed by atoms with van der Waals surface area (Å²) in [5, 5.41) is 6.87. The van der Waals surface area contributed by atoms with Crippen LogP contribution in [0.1, 0.15) is 31.0 Å². The number of hydrogen-bond donors (Lipinski definition) is 1. The average molecular weight is 253 g/mol. The maximum atomic E-state index is 4.46. The fraction of sp³-hybridized carbons (Fsp3) is 0.769. The first-order valence-electron chi connectivity index (χ1n) is 6.51. The Balaban J connectivity index is 1.66. The Labute approximate surface area is 108 Å². The van der Waals surface area contributed by atoms with Crippen LogP contribution in [0.25, 0.3) is 0 Å². The van der Waals surface area contributed by atoms with Crippen LogP contribution >= 0.6 is 11.3 Å². The van der Waals surface area contributed by atoms with Crippen LogP contribution in [0.3, 0.4) is 0 Å². The highest BCUT2D eigenvalue weighted by atomic mass is 32.1. The SMILES string of the molecule is Cc1csc(CNCC2CCN(C(C)C)C2)n1. The zero-order valence-electron chi connectivity index (χ0n) is 11.1. The van der Waals surface area contributed by atoms with Crippen molar-refractivity contribution in [3.05, 3.63) is 16.1 Å². The van der Waals surface area contributed by atoms with Crippen LogP contribution in [0, 0.1) is 12.8 Å². The quantitative estimate of drug-likeness (QED) is 0.872. The van der Waals surface area contributed by atoms with Crippen LogP contribution < -0.4 is 5.32 Å². The number of nitrogens with zero attached hydrogens (tertiary/aromatic N) is 2. The summed E-state index contributed by atoms with van der Waals surface area (Å²) in [7, 11) is 0. The molecule has 1 N–H and O–H groups in total. The summed E-state index contributed by atoms with van der Waals surface area (Å²) in [5.41, 5.74) is 1.14. The van der Waals surface area contributed by atoms with Crippen LogP contribution in [0.4, 0.5) is 0 Å². The number of nitrogens with one attached hydrogen (secondary N) is 1. The fourth-order valence-electron chi connectivity index (χ4n) is 2.37. The lowest BCUT2D eigenvalue weighted by Gasteiger charge is -2.20. The molecule has 0 saturated carbocycles. The lowest BCUT2D eigenvalue weighted by molar-refractivity contribution is 0.264. The van der Waals surface area contributed by atoms with Gasteiger partial charge in [-0.25, -0.2) is 4.98 Å². The van der Waals surface area contributed by atoms with Crippen LogP contribution in [-0.4, -0.2) is 35.6 Å². The van der Waals surface area contributed by atoms with Gasteiger partial charge in [-0.2, -0.15) is 0 Å². The Morgan fingerprint density at radius 3 is 3.00 bits per heavy atom. The minimum absolute atomic E-state index is 0.696. The van der Waals surface area contributed by atoms with Gasteiger partial charge in [0.1, 0.15) is 5.01 Å². The number of aromatic nitrogens is 1. The van der Waals surface area contributed by atoms with E-state index < -0.39 is 0 Å². The fourth-order valence-corrected chi connectivity index (χ4v) is 3.11. The highest BCUT2D eigenvalue weighted by Gasteiger charge is 2.23. The first-order chi connectivity index (χ1) is 8.15. The van der Waals surface area contributed by atoms with Crippen molar-refractivity contribution in [3.63, 3.8) is 0 Å². The van der Waals surface area contributed by atoms with E-state index in [4.69, 9.17) is 0 Å². The Morgan fingerprint density at radius 1 is 1.59 bits per heavy atom. The molecule has 4 heteroatoms. The van der Waals surface area contributed by atoms with Crippen molar-refractivity contribution in [2.45, 2.75) is 39.8 Å². The van der Waals surface area contributed by atoms with Crippen LogP contribution in [0.5, 0.6) is 0 Å². The third kappa shape index (κ3) is 3.76. The molecule has 0 aromatic carbocycles. The van der Waals surface area contributed by atoms with E-state index in [1.807, 2.05) is 0 Å². The molecular weight excluding hydrogens is 230 g/mol. The predicted molar refractivity (Wildman–Crippen MR) is 73.4 cm³/mol. The standard InChI is InChI=1S/C13H23N3S/c1-10(2)16-5-4-12(8-16)6-14-7-13-15-11(3)9-17-13/h9-10,12,14H,4-8H2,1-3H3. The zero-order chi connectivity index (χ0) is 12.3. The summed E-state index contributed by atoms with van der Waals surface area (Å²) in [5.74, 6) is 0.818. The third-order valence-corrected chi connectivity index (χ3v) is 4.39. The van der Waals surface area contributed by atoms with Crippen molar-refractivity contribution in [2.24, 2.45) is 5.92 Å². The zero-order valence-corrected chi connectivity index (χ0v) is 11.9. The van der Waals surface area contributed by atoms with E-state index in [0.29, 0.717) is 6.04 Å². The van der Waals surface area contributed by atoms with Gasteiger partial charge in [0.15, 0.2) is 0 Å². The number of aryl methyl sites for hydroxylation is 1. The van der Waals surface area contributed by atoms with Crippen molar-refractivity contribution >= 4 is 11.3 Å². The van der Waals surface area contributed by atoms with Crippen molar-refractivity contribution in [3.8, 4) is 0 Å². The van der Waals surface area contributed by atoms with E-state index in [9.17, 15) is 0 Å². The molecule has 0 amide bonds. The molecule has 2 heterocycles. The molecule has 3 nitrogen and oxygen atoms in total. The molecule has 0 radical (unpaired) electrons. The molecule has 1 fully saturated rings. The predicted octanol–water partition coefficient (Wildman–Crippen LogP) is 2.27. The largest absolute Gasteiger partial charge is 0.310 e. The van der Waals surface area contributed by atoms with Crippen LogP contribution in [-0.2, 0) is 6.54 Å². The van der Waals surface area contributed by atoms with Gasteiger partial charge in [-0.15, -0.1) is 11.3 Å². The second-order valence-corrected chi connectivity index (χ2v) is 6.20. The maximum absolute atomic E-state index is 4.46. The first-order valence-corrected chi connectivity index (χ1v) is 7.39. The summed E-state index contributed by atoms with van der Waals surface area (Å²) in [6.45, 7) is 11.2. The van der Waals surface area contributed by atoms with Gasteiger partial charge in [-0.1, -0.05) is 0 Å². The van der Waals surface area contributed by atoms with Gasteiger partial charge in [-0.3, -0.25) is 0 Å². The van der Waals surface area contributed by atoms with Gasteiger partial charge in [0.25, 0.3) is 0 Å². The molecule has 0 spiro atoms. The van der Waals surface area contributed by atoms with E-state index >= 15 is 0 Å². The van der Waals surface area contributed by atoms with Crippen LogP contribution in [0.2, 0.25) is 0 Å². The van der Waals surface area contributed by atoms with E-state index in [1.165, 1.54) is 24.5 Å². The lowest BCUT2D eigenvalue weighted by Crippen LogP contribution is -2.30. The highest BCUT2D eigenvalue weighted by Crippen LogP contribution is 2.17. The summed E-state index contributed by atoms with van der Waals surface area (Å²) in [6, 6.07) is 0.696. The minimum Gasteiger partial charge on any atom is -0.310 e. The van der Waals surface area contributed by atoms with Gasteiger partial charge >= 0.3 is 0 Å². The molecule has 17 heavy (non-hydrogen) atoms. The Morgan fingerprint density at radius 2 is 2.41 bits per heavy atom. The minimum atomic E-state index is 0.696. The van der Waals surface area contributed by atoms with Crippen molar-refractivity contribution in [2.75, 3.05) is 19.6 Å². The summed E-state index contributed by atoms with van der Waals surface area (Å²) in [6.07, 6.45) is 1.34. The third-order valence-electron chi connectivity index (χ3n) is 3.42. The molecule has 0 bridgehead atoms. The van der Waals surface area contributed by atoms with Crippen LogP contribution in [0.15, 0.2) is 5.38 Å². The molecule has 2 rings (SSSR count). The molecular formula is C13H23N3S. The normalized spacial score (nSPS) is 21.5. The topological polar surface area (TPSA) is 28.2 Å². The smallest absolute Gasteiger partial charge is 0.107 e. The van der Waals surface area contributed by atoms with Crippen molar-refractivity contribution in [1.29, 1.82) is 0 Å². The molecule has 1 aromatic heterocycles. The maximum Gasteiger partial charge on any atom is 0.107 e. The monoisotopic (exact) mass is 253 g/mol. The Kier molecular flexibility index (Phi) is 4.54. The molecule has 96 valence electrons. The second-order valence-electron chi connectivity index (χ2n) is 5.26. The van der Waals surface area contributed by atoms with Gasteiger partial charge in [0, 0.05) is 30.2 Å². The van der Waals surface area contributed by atoms with E-state index in [2.05, 4.69) is 41.4 Å². The molecule has 1 aliphatic heterocycles. The average Bonchev–Trinajstić information content (AvgIpc) is 2.88. The number of hydrogen-bond acceptors (Lipinski definition) is 4.